The molecule has 0 radical (unpaired) electrons. The van der Waals surface area contributed by atoms with Crippen LogP contribution in [0.1, 0.15) is 5.56 Å². The van der Waals surface area contributed by atoms with Gasteiger partial charge >= 0.3 is 0 Å². The van der Waals surface area contributed by atoms with E-state index in [1.807, 2.05) is 0 Å². The minimum Gasteiger partial charge on any atom is -0.201 e. The normalized spacial score (nSPS) is 11.5. The number of pyridine rings is 1. The van der Waals surface area contributed by atoms with Crippen LogP contribution in [0.25, 0.3) is 43.6 Å². The molecular formula is C25H20N+. The van der Waals surface area contributed by atoms with Gasteiger partial charge in [0.05, 0.1) is 0 Å². The summed E-state index contributed by atoms with van der Waals surface area (Å²) < 4.78 is 2.18. The summed E-state index contributed by atoms with van der Waals surface area (Å²) in [6.45, 7) is 2.21. The monoisotopic (exact) mass is 334 g/mol. The fourth-order valence-electron chi connectivity index (χ4n) is 4.06. The Kier molecular flexibility index (Phi) is 3.29. The van der Waals surface area contributed by atoms with Gasteiger partial charge in [0, 0.05) is 17.7 Å². The molecule has 1 aromatic heterocycles. The number of aromatic nitrogens is 1. The Labute approximate surface area is 153 Å². The summed E-state index contributed by atoms with van der Waals surface area (Å²) in [4.78, 5) is 0. The van der Waals surface area contributed by atoms with Crippen molar-refractivity contribution in [2.24, 2.45) is 7.05 Å². The molecule has 0 saturated carbocycles. The maximum atomic E-state index is 2.34. The average molecular weight is 334 g/mol. The van der Waals surface area contributed by atoms with Crippen molar-refractivity contribution in [3.05, 3.63) is 90.6 Å². The van der Waals surface area contributed by atoms with Crippen LogP contribution in [0.2, 0.25) is 0 Å². The number of hydrogen-bond acceptors (Lipinski definition) is 0. The van der Waals surface area contributed by atoms with Gasteiger partial charge in [-0.05, 0) is 63.0 Å². The van der Waals surface area contributed by atoms with Crippen molar-refractivity contribution >= 4 is 32.3 Å². The van der Waals surface area contributed by atoms with Crippen molar-refractivity contribution in [3.8, 4) is 11.3 Å². The third-order valence-electron chi connectivity index (χ3n) is 5.42. The van der Waals surface area contributed by atoms with E-state index < -0.39 is 0 Å². The fraction of sp³-hybridized carbons (Fsp3) is 0.0800. The highest BCUT2D eigenvalue weighted by molar-refractivity contribution is 6.17. The second kappa shape index (κ2) is 5.67. The number of rotatable bonds is 1. The van der Waals surface area contributed by atoms with Crippen LogP contribution in [0.5, 0.6) is 0 Å². The number of nitrogens with zero attached hydrogens (tertiary/aromatic N) is 1. The Balaban J connectivity index is 1.85. The van der Waals surface area contributed by atoms with E-state index in [0.29, 0.717) is 0 Å². The van der Waals surface area contributed by atoms with E-state index in [1.54, 1.807) is 0 Å². The Morgan fingerprint density at radius 1 is 0.615 bits per heavy atom. The molecule has 0 aliphatic heterocycles. The fourth-order valence-corrected chi connectivity index (χ4v) is 4.06. The van der Waals surface area contributed by atoms with Crippen molar-refractivity contribution in [2.75, 3.05) is 0 Å². The van der Waals surface area contributed by atoms with Crippen molar-refractivity contribution in [3.63, 3.8) is 0 Å². The first kappa shape index (κ1) is 15.1. The molecule has 5 rings (SSSR count). The van der Waals surface area contributed by atoms with Gasteiger partial charge in [-0.2, -0.15) is 0 Å². The van der Waals surface area contributed by atoms with Gasteiger partial charge in [0.15, 0.2) is 6.20 Å². The molecule has 0 amide bonds. The molecule has 1 nitrogen and oxygen atoms in total. The molecule has 5 aromatic rings. The second-order valence-corrected chi connectivity index (χ2v) is 7.03. The third kappa shape index (κ3) is 2.21. The molecule has 124 valence electrons. The summed E-state index contributed by atoms with van der Waals surface area (Å²) >= 11 is 0. The van der Waals surface area contributed by atoms with Crippen molar-refractivity contribution in [1.29, 1.82) is 0 Å². The van der Waals surface area contributed by atoms with Crippen LogP contribution in [-0.2, 0) is 7.05 Å². The van der Waals surface area contributed by atoms with Crippen LogP contribution < -0.4 is 4.57 Å². The first-order chi connectivity index (χ1) is 12.7. The summed E-state index contributed by atoms with van der Waals surface area (Å²) in [6, 6.07) is 28.7. The van der Waals surface area contributed by atoms with E-state index in [2.05, 4.69) is 104 Å². The van der Waals surface area contributed by atoms with Gasteiger partial charge in [-0.3, -0.25) is 0 Å². The molecule has 1 heterocycles. The van der Waals surface area contributed by atoms with Crippen molar-refractivity contribution < 1.29 is 4.57 Å². The van der Waals surface area contributed by atoms with E-state index in [1.165, 1.54) is 49.1 Å². The van der Waals surface area contributed by atoms with Gasteiger partial charge in [0.2, 0.25) is 5.69 Å². The third-order valence-corrected chi connectivity index (χ3v) is 5.42. The van der Waals surface area contributed by atoms with Crippen LogP contribution in [0.3, 0.4) is 0 Å². The maximum absolute atomic E-state index is 2.34. The van der Waals surface area contributed by atoms with Gasteiger partial charge < -0.3 is 0 Å². The van der Waals surface area contributed by atoms with E-state index in [9.17, 15) is 0 Å². The smallest absolute Gasteiger partial charge is 0.201 e. The lowest BCUT2D eigenvalue weighted by Crippen LogP contribution is -2.30. The average Bonchev–Trinajstić information content (AvgIpc) is 2.67. The number of hydrogen-bond donors (Lipinski definition) is 0. The predicted octanol–water partition coefficient (Wildman–Crippen LogP) is 5.95. The first-order valence-electron chi connectivity index (χ1n) is 9.02. The van der Waals surface area contributed by atoms with E-state index >= 15 is 0 Å². The molecule has 0 spiro atoms. The summed E-state index contributed by atoms with van der Waals surface area (Å²) in [5.74, 6) is 0. The highest BCUT2D eigenvalue weighted by Gasteiger charge is 2.13. The van der Waals surface area contributed by atoms with Crippen LogP contribution in [0, 0.1) is 6.92 Å². The zero-order valence-corrected chi connectivity index (χ0v) is 15.0. The maximum Gasteiger partial charge on any atom is 0.212 e. The van der Waals surface area contributed by atoms with E-state index in [-0.39, 0.29) is 0 Å². The number of benzene rings is 4. The summed E-state index contributed by atoms with van der Waals surface area (Å²) in [7, 11) is 2.10. The van der Waals surface area contributed by atoms with Crippen LogP contribution in [0.15, 0.2) is 85.1 Å². The van der Waals surface area contributed by atoms with Gasteiger partial charge in [-0.25, -0.2) is 4.57 Å². The molecule has 0 bridgehead atoms. The molecule has 26 heavy (non-hydrogen) atoms. The van der Waals surface area contributed by atoms with Crippen LogP contribution in [0.4, 0.5) is 0 Å². The van der Waals surface area contributed by atoms with Crippen molar-refractivity contribution in [1.82, 2.24) is 0 Å². The van der Waals surface area contributed by atoms with Gasteiger partial charge in [-0.1, -0.05) is 48.5 Å². The first-order valence-corrected chi connectivity index (χ1v) is 9.02. The molecule has 0 aliphatic carbocycles. The Morgan fingerprint density at radius 3 is 2.19 bits per heavy atom. The minimum atomic E-state index is 1.24. The molecular weight excluding hydrogens is 314 g/mol. The summed E-state index contributed by atoms with van der Waals surface area (Å²) in [5.41, 5.74) is 3.84. The molecule has 0 N–H and O–H groups in total. The standard InChI is InChI=1S/C25H20N/c1-17-15-24-19(16-23(17)25-9-5-6-14-26(25)2)11-13-21-20-8-4-3-7-18(20)10-12-22(21)24/h3-16H,1-2H3/q+1. The molecule has 0 atom stereocenters. The Morgan fingerprint density at radius 2 is 1.35 bits per heavy atom. The number of fused-ring (bicyclic) bond motifs is 5. The van der Waals surface area contributed by atoms with Gasteiger partial charge in [-0.15, -0.1) is 0 Å². The molecule has 1 heteroatoms. The van der Waals surface area contributed by atoms with Crippen LogP contribution >= 0.6 is 0 Å². The topological polar surface area (TPSA) is 3.88 Å². The molecule has 0 fully saturated rings. The summed E-state index contributed by atoms with van der Waals surface area (Å²) in [6.07, 6.45) is 2.10. The quantitative estimate of drug-likeness (QED) is 0.263. The lowest BCUT2D eigenvalue weighted by Gasteiger charge is -2.11. The summed E-state index contributed by atoms with van der Waals surface area (Å²) in [5, 5.41) is 7.89. The van der Waals surface area contributed by atoms with E-state index in [4.69, 9.17) is 0 Å². The molecule has 0 unspecified atom stereocenters. The minimum absolute atomic E-state index is 1.24. The van der Waals surface area contributed by atoms with Gasteiger partial charge in [0.25, 0.3) is 0 Å². The van der Waals surface area contributed by atoms with Crippen LogP contribution in [-0.4, -0.2) is 0 Å². The largest absolute Gasteiger partial charge is 0.212 e. The van der Waals surface area contributed by atoms with E-state index in [0.717, 1.165) is 0 Å². The molecule has 0 aliphatic rings. The lowest BCUT2D eigenvalue weighted by molar-refractivity contribution is -0.660. The Bertz CT molecular complexity index is 1300. The van der Waals surface area contributed by atoms with Crippen molar-refractivity contribution in [2.45, 2.75) is 6.92 Å². The zero-order valence-electron chi connectivity index (χ0n) is 15.0. The highest BCUT2D eigenvalue weighted by Crippen LogP contribution is 2.34. The number of aryl methyl sites for hydroxylation is 2. The predicted molar refractivity (Wildman–Crippen MR) is 110 cm³/mol. The second-order valence-electron chi connectivity index (χ2n) is 7.03. The molecule has 0 saturated heterocycles. The lowest BCUT2D eigenvalue weighted by atomic mass is 9.93. The molecule has 4 aromatic carbocycles. The van der Waals surface area contributed by atoms with Gasteiger partial charge in [0.1, 0.15) is 7.05 Å². The zero-order chi connectivity index (χ0) is 17.7. The SMILES string of the molecule is Cc1cc2c(ccc3c4ccccc4ccc23)cc1-c1cccc[n+]1C. The highest BCUT2D eigenvalue weighted by atomic mass is 14.9. The Hall–Kier alpha value is -3.19.